The van der Waals surface area contributed by atoms with Crippen LogP contribution in [0.1, 0.15) is 79.5 Å². The van der Waals surface area contributed by atoms with Gasteiger partial charge in [-0.25, -0.2) is 4.39 Å². The first-order valence-corrected chi connectivity index (χ1v) is 14.6. The second-order valence-corrected chi connectivity index (χ2v) is 11.8. The number of aromatic hydroxyl groups is 1. The number of hydrogen-bond donors (Lipinski definition) is 1. The summed E-state index contributed by atoms with van der Waals surface area (Å²) in [7, 11) is 1.68. The Morgan fingerprint density at radius 1 is 1.00 bits per heavy atom. The van der Waals surface area contributed by atoms with Crippen molar-refractivity contribution in [2.24, 2.45) is 5.92 Å². The van der Waals surface area contributed by atoms with E-state index in [0.29, 0.717) is 11.6 Å². The number of ether oxygens (including phenoxy) is 2. The summed E-state index contributed by atoms with van der Waals surface area (Å²) >= 11 is 0. The van der Waals surface area contributed by atoms with Crippen LogP contribution < -0.4 is 9.64 Å². The van der Waals surface area contributed by atoms with E-state index in [2.05, 4.69) is 36.1 Å². The number of hydrogen-bond acceptors (Lipinski definition) is 4. The fourth-order valence-electron chi connectivity index (χ4n) is 7.26. The maximum Gasteiger partial charge on any atom is 0.147 e. The van der Waals surface area contributed by atoms with Crippen molar-refractivity contribution in [3.63, 3.8) is 0 Å². The van der Waals surface area contributed by atoms with Gasteiger partial charge in [0, 0.05) is 30.6 Å². The van der Waals surface area contributed by atoms with Crippen LogP contribution in [0.5, 0.6) is 11.5 Å². The number of phenolic OH excluding ortho intramolecular Hbond substituents is 1. The van der Waals surface area contributed by atoms with Gasteiger partial charge in [-0.2, -0.15) is 0 Å². The Labute approximate surface area is 231 Å². The van der Waals surface area contributed by atoms with Crippen molar-refractivity contribution in [2.75, 3.05) is 31.7 Å². The van der Waals surface area contributed by atoms with Gasteiger partial charge in [0.1, 0.15) is 17.3 Å². The number of rotatable bonds is 5. The van der Waals surface area contributed by atoms with Gasteiger partial charge in [-0.1, -0.05) is 49.7 Å². The third-order valence-electron chi connectivity index (χ3n) is 9.68. The summed E-state index contributed by atoms with van der Waals surface area (Å²) < 4.78 is 28.4. The van der Waals surface area contributed by atoms with Crippen LogP contribution in [0.3, 0.4) is 0 Å². The van der Waals surface area contributed by atoms with Crippen LogP contribution in [0.4, 0.5) is 10.1 Å². The number of halogens is 1. The smallest absolute Gasteiger partial charge is 0.147 e. The van der Waals surface area contributed by atoms with Gasteiger partial charge in [0.05, 0.1) is 25.0 Å². The predicted octanol–water partition coefficient (Wildman–Crippen LogP) is 7.58. The van der Waals surface area contributed by atoms with Crippen LogP contribution in [0.25, 0.3) is 0 Å². The highest BCUT2D eigenvalue weighted by molar-refractivity contribution is 5.59. The Bertz CT molecular complexity index is 1290. The number of fused-ring (bicyclic) bond motifs is 1. The lowest BCUT2D eigenvalue weighted by Crippen LogP contribution is -2.49. The molecule has 0 radical (unpaired) electrons. The zero-order chi connectivity index (χ0) is 27.0. The summed E-state index contributed by atoms with van der Waals surface area (Å²) in [5.74, 6) is 1.59. The van der Waals surface area contributed by atoms with Crippen molar-refractivity contribution in [3.8, 4) is 11.5 Å². The molecular formula is C34H40FNO3. The highest BCUT2D eigenvalue weighted by atomic mass is 19.1. The molecule has 1 aliphatic carbocycles. The second kappa shape index (κ2) is 10.8. The Morgan fingerprint density at radius 3 is 2.49 bits per heavy atom. The molecule has 206 valence electrons. The average molecular weight is 530 g/mol. The molecule has 3 aromatic carbocycles. The van der Waals surface area contributed by atoms with Crippen LogP contribution in [0.2, 0.25) is 0 Å². The Hall–Kier alpha value is -3.05. The SMILES string of the molecule is CC[C@@H]1CCC2(CCN(c3cc(OC)c(C4c5ccc(O)cc5CCC4c4ccccc4)cc3F)CC2)OC1. The van der Waals surface area contributed by atoms with E-state index in [-0.39, 0.29) is 29.0 Å². The topological polar surface area (TPSA) is 41.9 Å². The molecule has 3 aliphatic rings. The lowest BCUT2D eigenvalue weighted by Gasteiger charge is -2.46. The molecule has 39 heavy (non-hydrogen) atoms. The van der Waals surface area contributed by atoms with E-state index in [1.54, 1.807) is 19.2 Å². The lowest BCUT2D eigenvalue weighted by atomic mass is 9.69. The molecule has 4 nitrogen and oxygen atoms in total. The van der Waals surface area contributed by atoms with Gasteiger partial charge in [0.25, 0.3) is 0 Å². The lowest BCUT2D eigenvalue weighted by molar-refractivity contribution is -0.113. The van der Waals surface area contributed by atoms with Gasteiger partial charge in [-0.05, 0) is 85.3 Å². The maximum absolute atomic E-state index is 16.0. The van der Waals surface area contributed by atoms with Crippen LogP contribution in [-0.4, -0.2) is 37.5 Å². The third-order valence-corrected chi connectivity index (χ3v) is 9.68. The first kappa shape index (κ1) is 26.2. The van der Waals surface area contributed by atoms with E-state index >= 15 is 4.39 Å². The van der Waals surface area contributed by atoms with Gasteiger partial charge in [-0.15, -0.1) is 0 Å². The van der Waals surface area contributed by atoms with Crippen molar-refractivity contribution < 1.29 is 19.0 Å². The largest absolute Gasteiger partial charge is 0.508 e. The standard InChI is InChI=1S/C34H40FNO3/c1-3-23-13-14-34(39-22-23)15-17-36(18-16-34)31-21-32(38-2)29(20-30(31)35)33-27(24-7-5-4-6-8-24)11-9-25-19-26(37)10-12-28(25)33/h4-8,10,12,19-21,23,27,33,37H,3,9,11,13-18,22H2,1-2H3/t23-,27?,33?/m1/s1. The Balaban J connectivity index is 1.32. The summed E-state index contributed by atoms with van der Waals surface area (Å²) in [4.78, 5) is 2.17. The van der Waals surface area contributed by atoms with Crippen molar-refractivity contribution in [3.05, 3.63) is 88.7 Å². The molecule has 3 atom stereocenters. The van der Waals surface area contributed by atoms with E-state index in [4.69, 9.17) is 9.47 Å². The molecule has 2 heterocycles. The maximum atomic E-state index is 16.0. The fourth-order valence-corrected chi connectivity index (χ4v) is 7.26. The van der Waals surface area contributed by atoms with Gasteiger partial charge in [0.2, 0.25) is 0 Å². The minimum absolute atomic E-state index is 0.0387. The van der Waals surface area contributed by atoms with Crippen LogP contribution in [0, 0.1) is 11.7 Å². The quantitative estimate of drug-likeness (QED) is 0.370. The Kier molecular flexibility index (Phi) is 7.28. The number of benzene rings is 3. The molecular weight excluding hydrogens is 489 g/mol. The number of anilines is 1. The van der Waals surface area contributed by atoms with Gasteiger partial charge in [0.15, 0.2) is 0 Å². The number of nitrogens with zero attached hydrogens (tertiary/aromatic N) is 1. The molecule has 6 rings (SSSR count). The molecule has 0 bridgehead atoms. The molecule has 2 aliphatic heterocycles. The summed E-state index contributed by atoms with van der Waals surface area (Å²) in [6, 6.07) is 19.7. The van der Waals surface area contributed by atoms with Crippen molar-refractivity contribution in [2.45, 2.75) is 69.3 Å². The van der Waals surface area contributed by atoms with Crippen LogP contribution in [0.15, 0.2) is 60.7 Å². The molecule has 0 amide bonds. The van der Waals surface area contributed by atoms with Crippen molar-refractivity contribution >= 4 is 5.69 Å². The molecule has 1 N–H and O–H groups in total. The summed E-state index contributed by atoms with van der Waals surface area (Å²) in [5.41, 5.74) is 4.95. The summed E-state index contributed by atoms with van der Waals surface area (Å²) in [6.45, 7) is 4.67. The first-order chi connectivity index (χ1) is 19.0. The van der Waals surface area contributed by atoms with E-state index in [9.17, 15) is 5.11 Å². The Morgan fingerprint density at radius 2 is 1.79 bits per heavy atom. The summed E-state index contributed by atoms with van der Waals surface area (Å²) in [5, 5.41) is 10.2. The predicted molar refractivity (Wildman–Crippen MR) is 154 cm³/mol. The zero-order valence-electron chi connectivity index (χ0n) is 23.2. The number of piperidine rings is 1. The number of methoxy groups -OCH3 is 1. The highest BCUT2D eigenvalue weighted by Crippen LogP contribution is 2.50. The minimum Gasteiger partial charge on any atom is -0.508 e. The third kappa shape index (κ3) is 5.02. The number of aryl methyl sites for hydroxylation is 1. The van der Waals surface area contributed by atoms with Crippen LogP contribution in [-0.2, 0) is 11.2 Å². The molecule has 1 spiro atoms. The van der Waals surface area contributed by atoms with E-state index < -0.39 is 0 Å². The van der Waals surface area contributed by atoms with Crippen molar-refractivity contribution in [1.29, 1.82) is 0 Å². The molecule has 3 aromatic rings. The second-order valence-electron chi connectivity index (χ2n) is 11.8. The van der Waals surface area contributed by atoms with Gasteiger partial charge in [-0.3, -0.25) is 0 Å². The monoisotopic (exact) mass is 529 g/mol. The normalized spacial score (nSPS) is 24.4. The molecule has 2 saturated heterocycles. The average Bonchev–Trinajstić information content (AvgIpc) is 2.98. The van der Waals surface area contributed by atoms with E-state index in [1.807, 2.05) is 24.3 Å². The van der Waals surface area contributed by atoms with Gasteiger partial charge >= 0.3 is 0 Å². The molecule has 0 saturated carbocycles. The molecule has 2 fully saturated rings. The zero-order valence-corrected chi connectivity index (χ0v) is 23.2. The molecule has 2 unspecified atom stereocenters. The van der Waals surface area contributed by atoms with Gasteiger partial charge < -0.3 is 19.5 Å². The molecule has 0 aromatic heterocycles. The minimum atomic E-state index is -0.199. The van der Waals surface area contributed by atoms with E-state index in [0.717, 1.165) is 74.2 Å². The highest BCUT2D eigenvalue weighted by Gasteiger charge is 2.40. The van der Waals surface area contributed by atoms with Crippen LogP contribution >= 0.6 is 0 Å². The molecule has 5 heteroatoms. The fraction of sp³-hybridized carbons (Fsp3) is 0.471. The van der Waals surface area contributed by atoms with E-state index in [1.165, 1.54) is 18.4 Å². The number of phenols is 1. The van der Waals surface area contributed by atoms with Crippen molar-refractivity contribution in [1.82, 2.24) is 0 Å². The summed E-state index contributed by atoms with van der Waals surface area (Å²) in [6.07, 6.45) is 7.19. The first-order valence-electron chi connectivity index (χ1n) is 14.6.